The van der Waals surface area contributed by atoms with Gasteiger partial charge in [-0.3, -0.25) is 0 Å². The fourth-order valence-corrected chi connectivity index (χ4v) is 8.19. The number of para-hydroxylation sites is 2. The summed E-state index contributed by atoms with van der Waals surface area (Å²) in [6.45, 7) is 0. The van der Waals surface area contributed by atoms with Gasteiger partial charge in [0, 0.05) is 38.4 Å². The topological polar surface area (TPSA) is 42.4 Å². The van der Waals surface area contributed by atoms with E-state index >= 15 is 0 Å². The summed E-state index contributed by atoms with van der Waals surface area (Å²) in [5.41, 5.74) is 12.1. The van der Waals surface area contributed by atoms with E-state index in [1.165, 1.54) is 5.56 Å². The van der Waals surface area contributed by atoms with Gasteiger partial charge in [-0.1, -0.05) is 133 Å². The van der Waals surface area contributed by atoms with Crippen molar-refractivity contribution in [3.05, 3.63) is 194 Å². The summed E-state index contributed by atoms with van der Waals surface area (Å²) in [7, 11) is 0. The predicted molar refractivity (Wildman–Crippen MR) is 227 cm³/mol. The van der Waals surface area contributed by atoms with Gasteiger partial charge in [0.2, 0.25) is 5.89 Å². The molecule has 0 unspecified atom stereocenters. The first-order valence-electron chi connectivity index (χ1n) is 18.5. The lowest BCUT2D eigenvalue weighted by molar-refractivity contribution is 0.623. The third kappa shape index (κ3) is 5.11. The molecule has 0 radical (unpaired) electrons. The maximum absolute atomic E-state index is 6.59. The van der Waals surface area contributed by atoms with Crippen LogP contribution in [0.5, 0.6) is 0 Å². The van der Waals surface area contributed by atoms with E-state index in [0.29, 0.717) is 5.89 Å². The second kappa shape index (κ2) is 12.6. The van der Waals surface area contributed by atoms with Crippen molar-refractivity contribution < 1.29 is 8.83 Å². The van der Waals surface area contributed by atoms with Gasteiger partial charge in [0.25, 0.3) is 0 Å². The number of rotatable bonds is 6. The third-order valence-corrected chi connectivity index (χ3v) is 10.7. The van der Waals surface area contributed by atoms with Gasteiger partial charge in [0.15, 0.2) is 5.58 Å². The number of aromatic nitrogens is 1. The van der Waals surface area contributed by atoms with Gasteiger partial charge in [0.05, 0.1) is 11.4 Å². The van der Waals surface area contributed by atoms with E-state index < -0.39 is 0 Å². The smallest absolute Gasteiger partial charge is 0.227 e. The van der Waals surface area contributed by atoms with Crippen molar-refractivity contribution in [3.8, 4) is 33.7 Å². The SMILES string of the molecule is c1ccc(-c2nc3ccc4ccc5c(N(c6ccccc6)c6ccccc6-c6ccc7oc8cccc(-c9ccccc9)c8c7c6)cccc5c4c3o2)cc1. The first-order chi connectivity index (χ1) is 27.3. The molecule has 258 valence electrons. The van der Waals surface area contributed by atoms with Crippen LogP contribution in [-0.4, -0.2) is 4.98 Å². The summed E-state index contributed by atoms with van der Waals surface area (Å²) in [5, 5.41) is 6.60. The summed E-state index contributed by atoms with van der Waals surface area (Å²) >= 11 is 0. The van der Waals surface area contributed by atoms with Gasteiger partial charge in [-0.05, 0) is 88.1 Å². The van der Waals surface area contributed by atoms with Crippen LogP contribution in [0.2, 0.25) is 0 Å². The third-order valence-electron chi connectivity index (χ3n) is 10.7. The standard InChI is InChI=1S/C51H32N2O2/c1-4-14-33(15-5-1)39-21-13-25-47-49(39)42-32-36(28-31-46(42)54-47)38-20-10-11-23-44(38)53(37-18-8-3-9-19-37)45-24-12-22-41-40(45)29-26-34-27-30-43-50(48(34)41)55-51(52-43)35-16-6-2-7-17-35/h1-32H. The Bertz CT molecular complexity index is 3200. The minimum atomic E-state index is 0.620. The molecule has 4 heteroatoms. The summed E-state index contributed by atoms with van der Waals surface area (Å²) in [6, 6.07) is 68.0. The zero-order valence-electron chi connectivity index (χ0n) is 29.7. The lowest BCUT2D eigenvalue weighted by atomic mass is 9.96. The normalized spacial score (nSPS) is 11.6. The maximum atomic E-state index is 6.59. The molecule has 11 aromatic rings. The Labute approximate surface area is 317 Å². The Kier molecular flexibility index (Phi) is 7.14. The molecule has 4 nitrogen and oxygen atoms in total. The average molecular weight is 705 g/mol. The molecular formula is C51H32N2O2. The molecule has 2 heterocycles. The molecule has 0 aliphatic carbocycles. The number of hydrogen-bond acceptors (Lipinski definition) is 4. The highest BCUT2D eigenvalue weighted by Crippen LogP contribution is 2.46. The maximum Gasteiger partial charge on any atom is 0.227 e. The summed E-state index contributed by atoms with van der Waals surface area (Å²) < 4.78 is 13.0. The molecular weight excluding hydrogens is 673 g/mol. The number of benzene rings is 9. The fraction of sp³-hybridized carbons (Fsp3) is 0. The van der Waals surface area contributed by atoms with Gasteiger partial charge >= 0.3 is 0 Å². The van der Waals surface area contributed by atoms with Crippen LogP contribution in [0.4, 0.5) is 17.1 Å². The van der Waals surface area contributed by atoms with Crippen LogP contribution in [0.3, 0.4) is 0 Å². The molecule has 0 fully saturated rings. The molecule has 0 spiro atoms. The molecule has 0 amide bonds. The van der Waals surface area contributed by atoms with Gasteiger partial charge in [-0.15, -0.1) is 0 Å². The number of hydrogen-bond donors (Lipinski definition) is 0. The molecule has 0 aliphatic heterocycles. The highest BCUT2D eigenvalue weighted by atomic mass is 16.3. The molecule has 0 bridgehead atoms. The number of furan rings is 1. The minimum absolute atomic E-state index is 0.620. The van der Waals surface area contributed by atoms with E-state index in [9.17, 15) is 0 Å². The second-order valence-corrected chi connectivity index (χ2v) is 13.9. The van der Waals surface area contributed by atoms with E-state index in [1.54, 1.807) is 0 Å². The predicted octanol–water partition coefficient (Wildman–Crippen LogP) is 14.5. The highest BCUT2D eigenvalue weighted by Gasteiger charge is 2.22. The van der Waals surface area contributed by atoms with Crippen LogP contribution < -0.4 is 4.90 Å². The van der Waals surface area contributed by atoms with Crippen LogP contribution in [0.25, 0.3) is 88.3 Å². The molecule has 0 saturated heterocycles. The van der Waals surface area contributed by atoms with Crippen molar-refractivity contribution in [1.82, 2.24) is 4.98 Å². The van der Waals surface area contributed by atoms with Crippen molar-refractivity contribution in [1.29, 1.82) is 0 Å². The van der Waals surface area contributed by atoms with Crippen LogP contribution in [0.1, 0.15) is 0 Å². The largest absolute Gasteiger partial charge is 0.456 e. The van der Waals surface area contributed by atoms with Crippen LogP contribution >= 0.6 is 0 Å². The zero-order valence-corrected chi connectivity index (χ0v) is 29.7. The van der Waals surface area contributed by atoms with Crippen molar-refractivity contribution in [2.45, 2.75) is 0 Å². The summed E-state index contributed by atoms with van der Waals surface area (Å²) in [4.78, 5) is 7.29. The van der Waals surface area contributed by atoms with Gasteiger partial charge < -0.3 is 13.7 Å². The zero-order chi connectivity index (χ0) is 36.3. The molecule has 0 N–H and O–H groups in total. The monoisotopic (exact) mass is 704 g/mol. The van der Waals surface area contributed by atoms with Gasteiger partial charge in [0.1, 0.15) is 16.7 Å². The first kappa shape index (κ1) is 31.1. The molecule has 11 rings (SSSR count). The number of fused-ring (bicyclic) bond motifs is 8. The number of oxazole rings is 1. The van der Waals surface area contributed by atoms with E-state index in [1.807, 2.05) is 30.3 Å². The number of anilines is 3. The summed E-state index contributed by atoms with van der Waals surface area (Å²) in [6.07, 6.45) is 0. The van der Waals surface area contributed by atoms with Crippen molar-refractivity contribution >= 4 is 71.6 Å². The molecule has 9 aromatic carbocycles. The Balaban J connectivity index is 1.13. The molecule has 2 aromatic heterocycles. The quantitative estimate of drug-likeness (QED) is 0.162. The highest BCUT2D eigenvalue weighted by molar-refractivity contribution is 6.21. The summed E-state index contributed by atoms with van der Waals surface area (Å²) in [5.74, 6) is 0.620. The lowest BCUT2D eigenvalue weighted by Crippen LogP contribution is -2.11. The van der Waals surface area contributed by atoms with Gasteiger partial charge in [-0.2, -0.15) is 0 Å². The molecule has 0 aliphatic rings. The van der Waals surface area contributed by atoms with Crippen molar-refractivity contribution in [3.63, 3.8) is 0 Å². The van der Waals surface area contributed by atoms with Gasteiger partial charge in [-0.25, -0.2) is 4.98 Å². The van der Waals surface area contributed by atoms with E-state index in [-0.39, 0.29) is 0 Å². The Morgan fingerprint density at radius 3 is 1.93 bits per heavy atom. The van der Waals surface area contributed by atoms with Crippen molar-refractivity contribution in [2.24, 2.45) is 0 Å². The van der Waals surface area contributed by atoms with Crippen molar-refractivity contribution in [2.75, 3.05) is 4.90 Å². The van der Waals surface area contributed by atoms with E-state index in [4.69, 9.17) is 13.8 Å². The van der Waals surface area contributed by atoms with Crippen LogP contribution in [0, 0.1) is 0 Å². The Morgan fingerprint density at radius 2 is 1.09 bits per heavy atom. The van der Waals surface area contributed by atoms with E-state index in [0.717, 1.165) is 93.9 Å². The van der Waals surface area contributed by atoms with Crippen LogP contribution in [-0.2, 0) is 0 Å². The fourth-order valence-electron chi connectivity index (χ4n) is 8.19. The Morgan fingerprint density at radius 1 is 0.400 bits per heavy atom. The second-order valence-electron chi connectivity index (χ2n) is 13.9. The number of nitrogens with zero attached hydrogens (tertiary/aromatic N) is 2. The average Bonchev–Trinajstić information content (AvgIpc) is 3.87. The molecule has 0 saturated carbocycles. The van der Waals surface area contributed by atoms with Crippen LogP contribution in [0.15, 0.2) is 203 Å². The molecule has 0 atom stereocenters. The first-order valence-corrected chi connectivity index (χ1v) is 18.5. The minimum Gasteiger partial charge on any atom is -0.456 e. The van der Waals surface area contributed by atoms with E-state index in [2.05, 4.69) is 169 Å². The Hall–Kier alpha value is -7.43. The lowest BCUT2D eigenvalue weighted by Gasteiger charge is -2.29. The molecule has 55 heavy (non-hydrogen) atoms.